The van der Waals surface area contributed by atoms with Gasteiger partial charge in [-0.15, -0.1) is 0 Å². The molecule has 0 unspecified atom stereocenters. The van der Waals surface area contributed by atoms with Crippen LogP contribution in [0.25, 0.3) is 0 Å². The summed E-state index contributed by atoms with van der Waals surface area (Å²) < 4.78 is 5.64. The van der Waals surface area contributed by atoms with E-state index in [4.69, 9.17) is 4.74 Å². The van der Waals surface area contributed by atoms with Gasteiger partial charge in [-0.25, -0.2) is 0 Å². The Kier molecular flexibility index (Phi) is 5.79. The normalized spacial score (nSPS) is 16.2. The smallest absolute Gasteiger partial charge is 0.247 e. The lowest BCUT2D eigenvalue weighted by Crippen LogP contribution is -2.47. The average Bonchev–Trinajstić information content (AvgIpc) is 2.65. The minimum absolute atomic E-state index is 0.00784. The van der Waals surface area contributed by atoms with Crippen molar-refractivity contribution in [2.75, 3.05) is 6.54 Å². The molecule has 0 aliphatic carbocycles. The maximum Gasteiger partial charge on any atom is 0.247 e. The van der Waals surface area contributed by atoms with Gasteiger partial charge in [0.15, 0.2) is 0 Å². The van der Waals surface area contributed by atoms with Gasteiger partial charge in [-0.2, -0.15) is 0 Å². The van der Waals surface area contributed by atoms with Gasteiger partial charge in [-0.1, -0.05) is 36.4 Å². The number of hydrogen-bond acceptors (Lipinski definition) is 3. The van der Waals surface area contributed by atoms with Gasteiger partial charge in [0, 0.05) is 13.1 Å². The molecule has 142 valence electrons. The summed E-state index contributed by atoms with van der Waals surface area (Å²) in [5.74, 6) is 0.649. The summed E-state index contributed by atoms with van der Waals surface area (Å²) in [5, 5.41) is 2.98. The highest BCUT2D eigenvalue weighted by Gasteiger charge is 2.35. The molecule has 2 amide bonds. The van der Waals surface area contributed by atoms with E-state index >= 15 is 0 Å². The number of fused-ring (bicyclic) bond motifs is 1. The van der Waals surface area contributed by atoms with Crippen LogP contribution in [-0.2, 0) is 22.6 Å². The van der Waals surface area contributed by atoms with Gasteiger partial charge < -0.3 is 15.0 Å². The minimum Gasteiger partial charge on any atom is -0.491 e. The van der Waals surface area contributed by atoms with Gasteiger partial charge in [0.1, 0.15) is 11.8 Å². The number of hydrogen-bond donors (Lipinski definition) is 1. The zero-order valence-electron chi connectivity index (χ0n) is 16.1. The minimum atomic E-state index is -0.573. The monoisotopic (exact) mass is 366 g/mol. The molecule has 1 atom stereocenters. The first-order chi connectivity index (χ1) is 13.0. The van der Waals surface area contributed by atoms with E-state index in [-0.39, 0.29) is 17.9 Å². The molecule has 1 aliphatic heterocycles. The molecule has 0 bridgehead atoms. The van der Waals surface area contributed by atoms with Crippen LogP contribution < -0.4 is 10.1 Å². The second-order valence-electron chi connectivity index (χ2n) is 6.99. The van der Waals surface area contributed by atoms with Crippen molar-refractivity contribution < 1.29 is 14.3 Å². The molecule has 0 fully saturated rings. The zero-order valence-corrected chi connectivity index (χ0v) is 16.1. The summed E-state index contributed by atoms with van der Waals surface area (Å²) in [4.78, 5) is 27.0. The van der Waals surface area contributed by atoms with E-state index in [0.717, 1.165) is 22.4 Å². The molecule has 1 heterocycles. The third-order valence-electron chi connectivity index (χ3n) is 4.67. The molecule has 27 heavy (non-hydrogen) atoms. The second kappa shape index (κ2) is 8.25. The fourth-order valence-electron chi connectivity index (χ4n) is 3.42. The average molecular weight is 366 g/mol. The van der Waals surface area contributed by atoms with Crippen molar-refractivity contribution in [3.05, 3.63) is 65.2 Å². The van der Waals surface area contributed by atoms with Gasteiger partial charge in [-0.3, -0.25) is 9.59 Å². The van der Waals surface area contributed by atoms with Crippen LogP contribution in [0.15, 0.2) is 48.5 Å². The molecule has 3 rings (SSSR count). The maximum atomic E-state index is 12.9. The lowest BCUT2D eigenvalue weighted by molar-refractivity contribution is -0.141. The van der Waals surface area contributed by atoms with Crippen molar-refractivity contribution >= 4 is 11.8 Å². The van der Waals surface area contributed by atoms with Gasteiger partial charge in [0.2, 0.25) is 11.8 Å². The third-order valence-corrected chi connectivity index (χ3v) is 4.67. The quantitative estimate of drug-likeness (QED) is 0.854. The van der Waals surface area contributed by atoms with Gasteiger partial charge in [0.05, 0.1) is 12.5 Å². The predicted octanol–water partition coefficient (Wildman–Crippen LogP) is 3.24. The third kappa shape index (κ3) is 4.30. The highest BCUT2D eigenvalue weighted by Crippen LogP contribution is 2.30. The van der Waals surface area contributed by atoms with E-state index in [1.807, 2.05) is 69.3 Å². The molecular weight excluding hydrogens is 340 g/mol. The summed E-state index contributed by atoms with van der Waals surface area (Å²) in [5.41, 5.74) is 2.83. The molecule has 0 aromatic heterocycles. The molecule has 1 aliphatic rings. The Morgan fingerprint density at radius 3 is 2.56 bits per heavy atom. The topological polar surface area (TPSA) is 58.6 Å². The Morgan fingerprint density at radius 2 is 1.89 bits per heavy atom. The maximum absolute atomic E-state index is 12.9. The van der Waals surface area contributed by atoms with Crippen LogP contribution in [0.1, 0.15) is 43.5 Å². The van der Waals surface area contributed by atoms with E-state index in [2.05, 4.69) is 5.32 Å². The van der Waals surface area contributed by atoms with Crippen LogP contribution in [0.3, 0.4) is 0 Å². The molecule has 0 saturated heterocycles. The number of nitrogens with one attached hydrogen (secondary N) is 1. The largest absolute Gasteiger partial charge is 0.491 e. The summed E-state index contributed by atoms with van der Waals surface area (Å²) in [6, 6.07) is 14.8. The van der Waals surface area contributed by atoms with E-state index in [0.29, 0.717) is 19.5 Å². The van der Waals surface area contributed by atoms with Crippen LogP contribution >= 0.6 is 0 Å². The van der Waals surface area contributed by atoms with E-state index in [1.165, 1.54) is 0 Å². The first-order valence-electron chi connectivity index (χ1n) is 9.40. The summed E-state index contributed by atoms with van der Waals surface area (Å²) in [6.45, 7) is 6.78. The van der Waals surface area contributed by atoms with Crippen molar-refractivity contribution in [1.29, 1.82) is 0 Å². The highest BCUT2D eigenvalue weighted by atomic mass is 16.5. The van der Waals surface area contributed by atoms with Gasteiger partial charge in [-0.05, 0) is 49.6 Å². The molecule has 5 heteroatoms. The Labute approximate surface area is 160 Å². The summed E-state index contributed by atoms with van der Waals surface area (Å²) >= 11 is 0. The molecule has 0 saturated carbocycles. The van der Waals surface area contributed by atoms with Crippen LogP contribution in [-0.4, -0.2) is 29.4 Å². The molecule has 1 N–H and O–H groups in total. The van der Waals surface area contributed by atoms with Crippen molar-refractivity contribution in [3.63, 3.8) is 0 Å². The number of ether oxygens (including phenoxy) is 1. The first kappa shape index (κ1) is 19.0. The number of amides is 2. The fourth-order valence-corrected chi connectivity index (χ4v) is 3.42. The standard InChI is InChI=1S/C22H26N2O3/c1-4-24-20(25)13-17-7-5-6-8-19(17)21(24)22(26)23-14-16-9-11-18(12-10-16)27-15(2)3/h5-12,15,21H,4,13-14H2,1-3H3,(H,23,26)/t21-/m0/s1. The molecule has 0 radical (unpaired) electrons. The lowest BCUT2D eigenvalue weighted by atomic mass is 9.91. The number of carbonyl (C=O) groups is 2. The molecule has 2 aromatic carbocycles. The molecule has 0 spiro atoms. The lowest BCUT2D eigenvalue weighted by Gasteiger charge is -2.35. The predicted molar refractivity (Wildman–Crippen MR) is 104 cm³/mol. The summed E-state index contributed by atoms with van der Waals surface area (Å²) in [7, 11) is 0. The van der Waals surface area contributed by atoms with E-state index in [1.54, 1.807) is 4.90 Å². The van der Waals surface area contributed by atoms with Crippen LogP contribution in [0, 0.1) is 0 Å². The Morgan fingerprint density at radius 1 is 1.19 bits per heavy atom. The first-order valence-corrected chi connectivity index (χ1v) is 9.40. The number of nitrogens with zero attached hydrogens (tertiary/aromatic N) is 1. The van der Waals surface area contributed by atoms with Crippen LogP contribution in [0.5, 0.6) is 5.75 Å². The zero-order chi connectivity index (χ0) is 19.4. The number of benzene rings is 2. The van der Waals surface area contributed by atoms with E-state index in [9.17, 15) is 9.59 Å². The van der Waals surface area contributed by atoms with Gasteiger partial charge >= 0.3 is 0 Å². The van der Waals surface area contributed by atoms with Crippen molar-refractivity contribution in [1.82, 2.24) is 10.2 Å². The fraction of sp³-hybridized carbons (Fsp3) is 0.364. The number of rotatable bonds is 6. The van der Waals surface area contributed by atoms with Crippen LogP contribution in [0.4, 0.5) is 0 Å². The molecule has 5 nitrogen and oxygen atoms in total. The Bertz CT molecular complexity index is 815. The molecule has 2 aromatic rings. The van der Waals surface area contributed by atoms with Crippen molar-refractivity contribution in [3.8, 4) is 5.75 Å². The van der Waals surface area contributed by atoms with E-state index < -0.39 is 6.04 Å². The Hall–Kier alpha value is -2.82. The van der Waals surface area contributed by atoms with Crippen molar-refractivity contribution in [2.45, 2.75) is 45.9 Å². The summed E-state index contributed by atoms with van der Waals surface area (Å²) in [6.07, 6.45) is 0.477. The number of carbonyl (C=O) groups excluding carboxylic acids is 2. The Balaban J connectivity index is 1.72. The SMILES string of the molecule is CCN1C(=O)Cc2ccccc2[C@H]1C(=O)NCc1ccc(OC(C)C)cc1. The number of likely N-dealkylation sites (N-methyl/N-ethyl adjacent to an activating group) is 1. The second-order valence-corrected chi connectivity index (χ2v) is 6.99. The highest BCUT2D eigenvalue weighted by molar-refractivity contribution is 5.92. The van der Waals surface area contributed by atoms with Crippen LogP contribution in [0.2, 0.25) is 0 Å². The van der Waals surface area contributed by atoms with Crippen molar-refractivity contribution in [2.24, 2.45) is 0 Å². The van der Waals surface area contributed by atoms with Gasteiger partial charge in [0.25, 0.3) is 0 Å². The molecular formula is C22H26N2O3.